The second-order valence-electron chi connectivity index (χ2n) is 5.47. The fraction of sp³-hybridized carbons (Fsp3) is 0.923. The van der Waals surface area contributed by atoms with Gasteiger partial charge in [0.25, 0.3) is 0 Å². The van der Waals surface area contributed by atoms with E-state index in [1.807, 2.05) is 10.8 Å². The van der Waals surface area contributed by atoms with Gasteiger partial charge in [0.1, 0.15) is 0 Å². The van der Waals surface area contributed by atoms with Gasteiger partial charge in [-0.2, -0.15) is 11.8 Å². The lowest BCUT2D eigenvalue weighted by Gasteiger charge is -2.26. The Kier molecular flexibility index (Phi) is 4.74. The monoisotopic (exact) mass is 303 g/mol. The molecule has 0 aromatic carbocycles. The second kappa shape index (κ2) is 6.31. The number of unbranched alkanes of at least 4 members (excludes halogenated alkanes) is 1. The minimum atomic E-state index is 0.427. The molecule has 3 fully saturated rings. The predicted octanol–water partition coefficient (Wildman–Crippen LogP) is 3.42. The summed E-state index contributed by atoms with van der Waals surface area (Å²) in [6.45, 7) is 1.03. The molecule has 3 heterocycles. The van der Waals surface area contributed by atoms with E-state index in [9.17, 15) is 4.79 Å². The first-order valence-corrected chi connectivity index (χ1v) is 10.5. The molecule has 2 bridgehead atoms. The van der Waals surface area contributed by atoms with Gasteiger partial charge in [-0.05, 0) is 25.7 Å². The normalized spacial score (nSPS) is 34.4. The van der Waals surface area contributed by atoms with Gasteiger partial charge in [0.05, 0.1) is 0 Å². The van der Waals surface area contributed by atoms with Crippen LogP contribution in [0.25, 0.3) is 0 Å². The van der Waals surface area contributed by atoms with Gasteiger partial charge >= 0.3 is 0 Å². The fourth-order valence-corrected chi connectivity index (χ4v) is 7.52. The minimum Gasteiger partial charge on any atom is -0.338 e. The highest BCUT2D eigenvalue weighted by atomic mass is 33.1. The lowest BCUT2D eigenvalue weighted by molar-refractivity contribution is -0.131. The maximum atomic E-state index is 12.1. The molecule has 3 saturated heterocycles. The van der Waals surface area contributed by atoms with Crippen molar-refractivity contribution in [3.8, 4) is 0 Å². The molecule has 3 aliphatic rings. The summed E-state index contributed by atoms with van der Waals surface area (Å²) in [7, 11) is 4.07. The first-order valence-electron chi connectivity index (χ1n) is 7.02. The Labute approximate surface area is 122 Å². The molecule has 3 aliphatic heterocycles. The maximum absolute atomic E-state index is 12.1. The van der Waals surface area contributed by atoms with E-state index >= 15 is 0 Å². The Morgan fingerprint density at radius 2 is 2.28 bits per heavy atom. The van der Waals surface area contributed by atoms with Crippen molar-refractivity contribution in [1.29, 1.82) is 0 Å². The molecule has 102 valence electrons. The summed E-state index contributed by atoms with van der Waals surface area (Å²) >= 11 is 2.06. The van der Waals surface area contributed by atoms with Crippen LogP contribution in [0.5, 0.6) is 0 Å². The second-order valence-corrected chi connectivity index (χ2v) is 9.59. The van der Waals surface area contributed by atoms with E-state index in [-0.39, 0.29) is 0 Å². The van der Waals surface area contributed by atoms with Crippen molar-refractivity contribution < 1.29 is 4.79 Å². The van der Waals surface area contributed by atoms with Gasteiger partial charge in [-0.25, -0.2) is 0 Å². The molecule has 0 saturated carbocycles. The Balaban J connectivity index is 1.32. The van der Waals surface area contributed by atoms with Crippen molar-refractivity contribution in [3.63, 3.8) is 0 Å². The van der Waals surface area contributed by atoms with Crippen molar-refractivity contribution in [2.45, 2.75) is 55.1 Å². The van der Waals surface area contributed by atoms with Crippen molar-refractivity contribution in [2.24, 2.45) is 0 Å². The number of carbonyl (C=O) groups excluding carboxylic acids is 1. The molecule has 0 unspecified atom stereocenters. The van der Waals surface area contributed by atoms with Crippen LogP contribution in [0.3, 0.4) is 0 Å². The Hall–Kier alpha value is 0.520. The van der Waals surface area contributed by atoms with E-state index in [0.717, 1.165) is 29.9 Å². The van der Waals surface area contributed by atoms with Crippen LogP contribution in [0, 0.1) is 0 Å². The highest BCUT2D eigenvalue weighted by Gasteiger charge is 2.40. The fourth-order valence-electron chi connectivity index (χ4n) is 3.06. The molecule has 1 amide bonds. The van der Waals surface area contributed by atoms with Crippen LogP contribution in [-0.2, 0) is 4.79 Å². The largest absolute Gasteiger partial charge is 0.338 e. The lowest BCUT2D eigenvalue weighted by Crippen LogP contribution is -2.39. The zero-order valence-electron chi connectivity index (χ0n) is 10.7. The van der Waals surface area contributed by atoms with Gasteiger partial charge in [-0.1, -0.05) is 28.0 Å². The van der Waals surface area contributed by atoms with E-state index in [4.69, 9.17) is 0 Å². The highest BCUT2D eigenvalue weighted by molar-refractivity contribution is 8.77. The molecule has 3 atom stereocenters. The van der Waals surface area contributed by atoms with Gasteiger partial charge in [0.2, 0.25) is 5.91 Å². The van der Waals surface area contributed by atoms with Crippen LogP contribution < -0.4 is 0 Å². The third-order valence-corrected chi connectivity index (χ3v) is 8.51. The third-order valence-electron chi connectivity index (χ3n) is 4.11. The van der Waals surface area contributed by atoms with Crippen LogP contribution in [-0.4, -0.2) is 45.4 Å². The first kappa shape index (κ1) is 13.5. The summed E-state index contributed by atoms with van der Waals surface area (Å²) in [6.07, 6.45) is 7.07. The summed E-state index contributed by atoms with van der Waals surface area (Å²) in [6, 6.07) is 0.578. The quantitative estimate of drug-likeness (QED) is 0.572. The Bertz CT molecular complexity index is 307. The first-order chi connectivity index (χ1) is 8.83. The summed E-state index contributed by atoms with van der Waals surface area (Å²) in [5.74, 6) is 2.94. The van der Waals surface area contributed by atoms with Crippen LogP contribution in [0.4, 0.5) is 0 Å². The Morgan fingerprint density at radius 3 is 2.94 bits per heavy atom. The number of rotatable bonds is 5. The van der Waals surface area contributed by atoms with Crippen molar-refractivity contribution in [2.75, 3.05) is 18.1 Å². The molecule has 18 heavy (non-hydrogen) atoms. The van der Waals surface area contributed by atoms with Crippen LogP contribution in [0.15, 0.2) is 0 Å². The zero-order valence-corrected chi connectivity index (χ0v) is 13.1. The van der Waals surface area contributed by atoms with E-state index < -0.39 is 0 Å². The van der Waals surface area contributed by atoms with E-state index in [2.05, 4.69) is 27.5 Å². The van der Waals surface area contributed by atoms with E-state index in [1.54, 1.807) is 0 Å². The van der Waals surface area contributed by atoms with Gasteiger partial charge in [0, 0.05) is 41.0 Å². The number of fused-ring (bicyclic) bond motifs is 2. The molecule has 0 N–H and O–H groups in total. The molecule has 0 aromatic rings. The zero-order chi connectivity index (χ0) is 12.4. The molecular weight excluding hydrogens is 282 g/mol. The molecule has 2 nitrogen and oxygen atoms in total. The van der Waals surface area contributed by atoms with Crippen molar-refractivity contribution in [3.05, 3.63) is 0 Å². The number of amides is 1. The Morgan fingerprint density at radius 1 is 1.33 bits per heavy atom. The molecule has 0 aromatic heterocycles. The predicted molar refractivity (Wildman–Crippen MR) is 83.3 cm³/mol. The van der Waals surface area contributed by atoms with Gasteiger partial charge < -0.3 is 4.90 Å². The number of hydrogen-bond acceptors (Lipinski definition) is 4. The van der Waals surface area contributed by atoms with Crippen molar-refractivity contribution >= 4 is 39.3 Å². The van der Waals surface area contributed by atoms with E-state index in [1.165, 1.54) is 37.2 Å². The molecule has 0 aliphatic carbocycles. The maximum Gasteiger partial charge on any atom is 0.222 e. The lowest BCUT2D eigenvalue weighted by atomic mass is 10.1. The van der Waals surface area contributed by atoms with E-state index in [0.29, 0.717) is 11.9 Å². The SMILES string of the molecule is O=C(CCCC[C@H]1CCSS1)N1C[C@H]2C[C@H]1CS2. The number of hydrogen-bond donors (Lipinski definition) is 0. The molecular formula is C13H21NOS3. The topological polar surface area (TPSA) is 20.3 Å². The van der Waals surface area contributed by atoms with Gasteiger partial charge in [-0.15, -0.1) is 0 Å². The van der Waals surface area contributed by atoms with Gasteiger partial charge in [0.15, 0.2) is 0 Å². The summed E-state index contributed by atoms with van der Waals surface area (Å²) in [4.78, 5) is 14.3. The van der Waals surface area contributed by atoms with Crippen molar-refractivity contribution in [1.82, 2.24) is 4.90 Å². The average Bonchev–Trinajstić information content (AvgIpc) is 3.10. The van der Waals surface area contributed by atoms with Crippen LogP contribution in [0.1, 0.15) is 38.5 Å². The molecule has 3 rings (SSSR count). The smallest absolute Gasteiger partial charge is 0.222 e. The minimum absolute atomic E-state index is 0.427. The number of likely N-dealkylation sites (tertiary alicyclic amines) is 1. The van der Waals surface area contributed by atoms with Crippen LogP contribution >= 0.6 is 33.3 Å². The summed E-state index contributed by atoms with van der Waals surface area (Å²) in [5, 5.41) is 1.62. The average molecular weight is 304 g/mol. The standard InChI is InChI=1S/C13H21NOS3/c15-13(14-8-12-7-10(14)9-16-12)4-2-1-3-11-5-6-17-18-11/h10-12H,1-9H2/t10-,11-,12+/m0/s1. The molecule has 5 heteroatoms. The molecule has 0 radical (unpaired) electrons. The van der Waals surface area contributed by atoms with Crippen LogP contribution in [0.2, 0.25) is 0 Å². The number of thioether (sulfide) groups is 1. The summed E-state index contributed by atoms with van der Waals surface area (Å²) in [5.41, 5.74) is 0. The third kappa shape index (κ3) is 3.15. The number of carbonyl (C=O) groups is 1. The highest BCUT2D eigenvalue weighted by Crippen LogP contribution is 2.40. The number of nitrogens with zero attached hydrogens (tertiary/aromatic N) is 1. The van der Waals surface area contributed by atoms with Gasteiger partial charge in [-0.3, -0.25) is 4.79 Å². The summed E-state index contributed by atoms with van der Waals surface area (Å²) < 4.78 is 0. The molecule has 0 spiro atoms.